The molecule has 0 saturated carbocycles. The first kappa shape index (κ1) is 15.8. The Morgan fingerprint density at radius 3 is 2.33 bits per heavy atom. The minimum Gasteiger partial charge on any atom is -0.306 e. The molecule has 2 aromatic carbocycles. The first-order valence-corrected chi connectivity index (χ1v) is 7.46. The van der Waals surface area contributed by atoms with Gasteiger partial charge in [-0.3, -0.25) is 20.4 Å². The van der Waals surface area contributed by atoms with Crippen LogP contribution in [-0.4, -0.2) is 21.4 Å². The van der Waals surface area contributed by atoms with Crippen LogP contribution in [0.5, 0.6) is 0 Å². The first-order valence-electron chi connectivity index (χ1n) is 7.09. The van der Waals surface area contributed by atoms with Gasteiger partial charge < -0.3 is 4.57 Å². The van der Waals surface area contributed by atoms with Crippen LogP contribution in [0.25, 0.3) is 5.69 Å². The zero-order valence-electron chi connectivity index (χ0n) is 12.4. The molecule has 0 radical (unpaired) electrons. The van der Waals surface area contributed by atoms with E-state index in [4.69, 9.17) is 11.6 Å². The van der Waals surface area contributed by atoms with Gasteiger partial charge in [-0.1, -0.05) is 23.7 Å². The standard InChI is InChI=1S/C17H13ClN4O2/c18-15-4-2-1-3-14(15)17(24)21-20-16(23)12-5-7-13(8-6-12)22-10-9-19-11-22/h1-11H,(H,20,23)(H,21,24). The molecule has 0 unspecified atom stereocenters. The van der Waals surface area contributed by atoms with Gasteiger partial charge in [0.15, 0.2) is 0 Å². The highest BCUT2D eigenvalue weighted by Crippen LogP contribution is 2.14. The monoisotopic (exact) mass is 340 g/mol. The van der Waals surface area contributed by atoms with Crippen molar-refractivity contribution in [2.45, 2.75) is 0 Å². The summed E-state index contributed by atoms with van der Waals surface area (Å²) in [5.74, 6) is -0.906. The minimum atomic E-state index is -0.482. The first-order chi connectivity index (χ1) is 11.6. The second-order valence-electron chi connectivity index (χ2n) is 4.90. The molecule has 1 heterocycles. The van der Waals surface area contributed by atoms with Gasteiger partial charge in [0, 0.05) is 23.6 Å². The quantitative estimate of drug-likeness (QED) is 0.719. The third kappa shape index (κ3) is 3.44. The number of hydrogen-bond donors (Lipinski definition) is 2. The Kier molecular flexibility index (Phi) is 4.58. The largest absolute Gasteiger partial charge is 0.306 e. The molecule has 3 aromatic rings. The second-order valence-corrected chi connectivity index (χ2v) is 5.31. The SMILES string of the molecule is O=C(NNC(=O)c1ccccc1Cl)c1ccc(-n2ccnc2)cc1. The van der Waals surface area contributed by atoms with Gasteiger partial charge >= 0.3 is 0 Å². The van der Waals surface area contributed by atoms with Crippen molar-refractivity contribution in [1.29, 1.82) is 0 Å². The second kappa shape index (κ2) is 6.97. The number of nitrogens with one attached hydrogen (secondary N) is 2. The van der Waals surface area contributed by atoms with Crippen LogP contribution in [0.15, 0.2) is 67.3 Å². The number of carbonyl (C=O) groups is 2. The lowest BCUT2D eigenvalue weighted by atomic mass is 10.2. The lowest BCUT2D eigenvalue weighted by molar-refractivity contribution is 0.0847. The van der Waals surface area contributed by atoms with Crippen molar-refractivity contribution >= 4 is 23.4 Å². The van der Waals surface area contributed by atoms with Crippen molar-refractivity contribution < 1.29 is 9.59 Å². The summed E-state index contributed by atoms with van der Waals surface area (Å²) in [6.45, 7) is 0. The normalized spacial score (nSPS) is 10.2. The highest BCUT2D eigenvalue weighted by molar-refractivity contribution is 6.33. The lowest BCUT2D eigenvalue weighted by Gasteiger charge is -2.09. The van der Waals surface area contributed by atoms with Gasteiger partial charge in [-0.05, 0) is 36.4 Å². The molecule has 1 aromatic heterocycles. The van der Waals surface area contributed by atoms with Gasteiger partial charge in [0.2, 0.25) is 0 Å². The summed E-state index contributed by atoms with van der Waals surface area (Å²) in [6.07, 6.45) is 5.14. The number of carbonyl (C=O) groups excluding carboxylic acids is 2. The maximum atomic E-state index is 12.1. The number of amides is 2. The van der Waals surface area contributed by atoms with Crippen molar-refractivity contribution in [2.24, 2.45) is 0 Å². The number of halogens is 1. The van der Waals surface area contributed by atoms with Crippen LogP contribution >= 0.6 is 11.6 Å². The summed E-state index contributed by atoms with van der Waals surface area (Å²) < 4.78 is 1.82. The number of hydrazine groups is 1. The molecule has 7 heteroatoms. The van der Waals surface area contributed by atoms with Crippen LogP contribution in [-0.2, 0) is 0 Å². The Morgan fingerprint density at radius 2 is 1.67 bits per heavy atom. The summed E-state index contributed by atoms with van der Waals surface area (Å²) in [5, 5.41) is 0.314. The van der Waals surface area contributed by atoms with Crippen molar-refractivity contribution in [3.63, 3.8) is 0 Å². The summed E-state index contributed by atoms with van der Waals surface area (Å²) in [5.41, 5.74) is 6.29. The van der Waals surface area contributed by atoms with Gasteiger partial charge in [-0.15, -0.1) is 0 Å². The Hall–Kier alpha value is -3.12. The number of rotatable bonds is 3. The van der Waals surface area contributed by atoms with Crippen molar-refractivity contribution in [2.75, 3.05) is 0 Å². The van der Waals surface area contributed by atoms with Crippen molar-refractivity contribution in [1.82, 2.24) is 20.4 Å². The lowest BCUT2D eigenvalue weighted by Crippen LogP contribution is -2.41. The number of hydrogen-bond acceptors (Lipinski definition) is 3. The molecule has 0 aliphatic rings. The molecule has 0 bridgehead atoms. The predicted molar refractivity (Wildman–Crippen MR) is 89.9 cm³/mol. The molecule has 24 heavy (non-hydrogen) atoms. The Balaban J connectivity index is 1.63. The molecule has 0 saturated heterocycles. The average molecular weight is 341 g/mol. The molecule has 6 nitrogen and oxygen atoms in total. The van der Waals surface area contributed by atoms with E-state index in [0.29, 0.717) is 10.6 Å². The molecule has 120 valence electrons. The van der Waals surface area contributed by atoms with E-state index in [1.165, 1.54) is 0 Å². The van der Waals surface area contributed by atoms with Gasteiger partial charge in [-0.25, -0.2) is 4.98 Å². The number of aromatic nitrogens is 2. The fraction of sp³-hybridized carbons (Fsp3) is 0. The molecular formula is C17H13ClN4O2. The molecule has 2 N–H and O–H groups in total. The third-order valence-corrected chi connectivity index (χ3v) is 3.67. The molecule has 0 spiro atoms. The van der Waals surface area contributed by atoms with Crippen LogP contribution in [0, 0.1) is 0 Å². The number of imidazole rings is 1. The summed E-state index contributed by atoms with van der Waals surface area (Å²) in [4.78, 5) is 28.0. The topological polar surface area (TPSA) is 76.0 Å². The molecule has 0 atom stereocenters. The summed E-state index contributed by atoms with van der Waals surface area (Å²) >= 11 is 5.94. The highest BCUT2D eigenvalue weighted by Gasteiger charge is 2.11. The zero-order chi connectivity index (χ0) is 16.9. The van der Waals surface area contributed by atoms with Crippen LogP contribution in [0.4, 0.5) is 0 Å². The van der Waals surface area contributed by atoms with Gasteiger partial charge in [-0.2, -0.15) is 0 Å². The smallest absolute Gasteiger partial charge is 0.271 e. The van der Waals surface area contributed by atoms with E-state index >= 15 is 0 Å². The van der Waals surface area contributed by atoms with Crippen molar-refractivity contribution in [3.8, 4) is 5.69 Å². The molecule has 0 aliphatic carbocycles. The molecule has 3 rings (SSSR count). The molecule has 0 aliphatic heterocycles. The zero-order valence-corrected chi connectivity index (χ0v) is 13.2. The Labute approximate surface area is 143 Å². The maximum Gasteiger partial charge on any atom is 0.271 e. The number of benzene rings is 2. The average Bonchev–Trinajstić information content (AvgIpc) is 3.14. The maximum absolute atomic E-state index is 12.1. The van der Waals surface area contributed by atoms with E-state index in [1.54, 1.807) is 67.3 Å². The third-order valence-electron chi connectivity index (χ3n) is 3.34. The van der Waals surface area contributed by atoms with E-state index in [2.05, 4.69) is 15.8 Å². The summed E-state index contributed by atoms with van der Waals surface area (Å²) in [6, 6.07) is 13.5. The molecular weight excluding hydrogens is 328 g/mol. The van der Waals surface area contributed by atoms with Crippen LogP contribution in [0.2, 0.25) is 5.02 Å². The van der Waals surface area contributed by atoms with E-state index < -0.39 is 11.8 Å². The van der Waals surface area contributed by atoms with Crippen molar-refractivity contribution in [3.05, 3.63) is 83.4 Å². The fourth-order valence-corrected chi connectivity index (χ4v) is 2.32. The fourth-order valence-electron chi connectivity index (χ4n) is 2.10. The van der Waals surface area contributed by atoms with Crippen LogP contribution < -0.4 is 10.9 Å². The Morgan fingerprint density at radius 1 is 0.958 bits per heavy atom. The van der Waals surface area contributed by atoms with Gasteiger partial charge in [0.25, 0.3) is 11.8 Å². The molecule has 0 fully saturated rings. The van der Waals surface area contributed by atoms with Gasteiger partial charge in [0.05, 0.1) is 16.9 Å². The highest BCUT2D eigenvalue weighted by atomic mass is 35.5. The molecule has 2 amide bonds. The van der Waals surface area contributed by atoms with E-state index in [1.807, 2.05) is 4.57 Å². The van der Waals surface area contributed by atoms with Crippen LogP contribution in [0.1, 0.15) is 20.7 Å². The van der Waals surface area contributed by atoms with Gasteiger partial charge in [0.1, 0.15) is 0 Å². The summed E-state index contributed by atoms with van der Waals surface area (Å²) in [7, 11) is 0. The van der Waals surface area contributed by atoms with E-state index in [0.717, 1.165) is 5.69 Å². The van der Waals surface area contributed by atoms with E-state index in [9.17, 15) is 9.59 Å². The van der Waals surface area contributed by atoms with E-state index in [-0.39, 0.29) is 5.56 Å². The Bertz CT molecular complexity index is 861. The minimum absolute atomic E-state index is 0.287. The number of nitrogens with zero attached hydrogens (tertiary/aromatic N) is 2. The van der Waals surface area contributed by atoms with Crippen LogP contribution in [0.3, 0.4) is 0 Å². The predicted octanol–water partition coefficient (Wildman–Crippen LogP) is 2.60.